The molecule has 2 heterocycles. The van der Waals surface area contributed by atoms with Gasteiger partial charge in [0.2, 0.25) is 0 Å². The number of rotatable bonds is 4. The second kappa shape index (κ2) is 7.96. The lowest BCUT2D eigenvalue weighted by molar-refractivity contribution is -0.0238. The van der Waals surface area contributed by atoms with Crippen molar-refractivity contribution in [1.82, 2.24) is 5.32 Å². The molecule has 3 rings (SSSR count). The van der Waals surface area contributed by atoms with Crippen LogP contribution >= 0.6 is 0 Å². The maximum atomic E-state index is 6.26. The molecule has 0 spiro atoms. The predicted molar refractivity (Wildman–Crippen MR) is 95.1 cm³/mol. The lowest BCUT2D eigenvalue weighted by Gasteiger charge is -2.29. The van der Waals surface area contributed by atoms with Crippen LogP contribution < -0.4 is 21.7 Å². The van der Waals surface area contributed by atoms with Gasteiger partial charge in [0.15, 0.2) is 0 Å². The number of fused-ring (bicyclic) bond motifs is 1. The van der Waals surface area contributed by atoms with Crippen molar-refractivity contribution in [3.8, 4) is 5.75 Å². The molecule has 6 nitrogen and oxygen atoms in total. The highest BCUT2D eigenvalue weighted by atomic mass is 16.6. The molecule has 0 aliphatic carbocycles. The molecule has 2 aliphatic rings. The molecule has 3 atom stereocenters. The normalized spacial score (nSPS) is 26.2. The van der Waals surface area contributed by atoms with E-state index in [0.29, 0.717) is 11.9 Å². The van der Waals surface area contributed by atoms with Crippen LogP contribution in [0.4, 0.5) is 0 Å². The zero-order valence-corrected chi connectivity index (χ0v) is 14.3. The monoisotopic (exact) mass is 332 g/mol. The van der Waals surface area contributed by atoms with Gasteiger partial charge >= 0.3 is 0 Å². The Hall–Kier alpha value is -1.63. The fourth-order valence-electron chi connectivity index (χ4n) is 3.39. The molecular formula is C18H28N4O2. The lowest BCUT2D eigenvalue weighted by atomic mass is 9.97. The Morgan fingerprint density at radius 2 is 2.21 bits per heavy atom. The van der Waals surface area contributed by atoms with E-state index in [1.54, 1.807) is 0 Å². The first-order valence-corrected chi connectivity index (χ1v) is 8.87. The van der Waals surface area contributed by atoms with Gasteiger partial charge in [-0.3, -0.25) is 9.83 Å². The van der Waals surface area contributed by atoms with Gasteiger partial charge in [-0.05, 0) is 75.9 Å². The van der Waals surface area contributed by atoms with Crippen molar-refractivity contribution in [2.75, 3.05) is 13.1 Å². The highest BCUT2D eigenvalue weighted by Crippen LogP contribution is 2.30. The molecular weight excluding hydrogens is 304 g/mol. The minimum Gasteiger partial charge on any atom is -0.487 e. The van der Waals surface area contributed by atoms with E-state index in [4.69, 9.17) is 26.2 Å². The van der Waals surface area contributed by atoms with Crippen LogP contribution in [0.25, 0.3) is 0 Å². The number of nitrogens with one attached hydrogen (secondary N) is 1. The van der Waals surface area contributed by atoms with Crippen LogP contribution in [-0.4, -0.2) is 37.2 Å². The number of nitrogens with zero attached hydrogens (tertiary/aromatic N) is 1. The summed E-state index contributed by atoms with van der Waals surface area (Å²) in [7, 11) is 0. The molecule has 0 saturated carbocycles. The van der Waals surface area contributed by atoms with Gasteiger partial charge in [-0.1, -0.05) is 0 Å². The molecule has 1 saturated heterocycles. The number of nitrogens with two attached hydrogens (primary N) is 2. The first-order chi connectivity index (χ1) is 11.7. The molecule has 0 radical (unpaired) electrons. The summed E-state index contributed by atoms with van der Waals surface area (Å²) >= 11 is 0. The Kier molecular flexibility index (Phi) is 5.71. The van der Waals surface area contributed by atoms with Crippen LogP contribution in [0.15, 0.2) is 23.2 Å². The van der Waals surface area contributed by atoms with Gasteiger partial charge < -0.3 is 15.8 Å². The van der Waals surface area contributed by atoms with Crippen LogP contribution in [0.3, 0.4) is 0 Å². The Balaban J connectivity index is 1.72. The van der Waals surface area contributed by atoms with Crippen molar-refractivity contribution in [3.05, 3.63) is 29.3 Å². The molecule has 132 valence electrons. The summed E-state index contributed by atoms with van der Waals surface area (Å²) in [6.45, 7) is 4.02. The van der Waals surface area contributed by atoms with Gasteiger partial charge in [0.25, 0.3) is 0 Å². The van der Waals surface area contributed by atoms with E-state index in [2.05, 4.69) is 11.4 Å². The fraction of sp³-hybridized carbons (Fsp3) is 0.611. The molecule has 24 heavy (non-hydrogen) atoms. The third-order valence-corrected chi connectivity index (χ3v) is 4.94. The van der Waals surface area contributed by atoms with Gasteiger partial charge in [-0.25, -0.2) is 5.90 Å². The third-order valence-electron chi connectivity index (χ3n) is 4.94. The minimum absolute atomic E-state index is 0.00199. The molecule has 2 aliphatic heterocycles. The number of benzene rings is 1. The van der Waals surface area contributed by atoms with Crippen LogP contribution in [0.1, 0.15) is 43.7 Å². The molecule has 6 heteroatoms. The molecule has 0 amide bonds. The Bertz CT molecular complexity index is 582. The Labute approximate surface area is 143 Å². The second-order valence-electron chi connectivity index (χ2n) is 6.71. The van der Waals surface area contributed by atoms with Gasteiger partial charge in [0, 0.05) is 5.56 Å². The van der Waals surface area contributed by atoms with Gasteiger partial charge in [-0.15, -0.1) is 0 Å². The Morgan fingerprint density at radius 3 is 3.04 bits per heavy atom. The molecule has 3 unspecified atom stereocenters. The molecule has 5 N–H and O–H groups in total. The predicted octanol–water partition coefficient (Wildman–Crippen LogP) is 1.51. The number of ether oxygens (including phenoxy) is 1. The third kappa shape index (κ3) is 4.06. The number of amidine groups is 1. The van der Waals surface area contributed by atoms with Crippen molar-refractivity contribution >= 4 is 5.84 Å². The van der Waals surface area contributed by atoms with E-state index in [9.17, 15) is 0 Å². The largest absolute Gasteiger partial charge is 0.487 e. The molecule has 1 aromatic carbocycles. The first kappa shape index (κ1) is 17.2. The summed E-state index contributed by atoms with van der Waals surface area (Å²) in [6.07, 6.45) is 5.00. The average Bonchev–Trinajstić information content (AvgIpc) is 2.88. The Morgan fingerprint density at radius 1 is 1.33 bits per heavy atom. The highest BCUT2D eigenvalue weighted by molar-refractivity contribution is 5.98. The van der Waals surface area contributed by atoms with Crippen LogP contribution in [0.2, 0.25) is 0 Å². The molecule has 0 bridgehead atoms. The van der Waals surface area contributed by atoms with Crippen molar-refractivity contribution in [1.29, 1.82) is 0 Å². The summed E-state index contributed by atoms with van der Waals surface area (Å²) in [5.74, 6) is 6.79. The SMILES string of the molecule is CC(ON)C1CCc2cc(C(N)=NC3CCCNCC3)ccc2O1. The van der Waals surface area contributed by atoms with Gasteiger partial charge in [0.1, 0.15) is 23.8 Å². The summed E-state index contributed by atoms with van der Waals surface area (Å²) < 4.78 is 5.99. The lowest BCUT2D eigenvalue weighted by Crippen LogP contribution is -2.36. The second-order valence-corrected chi connectivity index (χ2v) is 6.71. The number of hydrogen-bond acceptors (Lipinski definition) is 5. The van der Waals surface area contributed by atoms with Gasteiger partial charge in [0.05, 0.1) is 6.04 Å². The maximum absolute atomic E-state index is 6.26. The minimum atomic E-state index is -0.117. The number of aryl methyl sites for hydroxylation is 1. The van der Waals surface area contributed by atoms with Crippen molar-refractivity contribution in [2.24, 2.45) is 16.6 Å². The van der Waals surface area contributed by atoms with Crippen molar-refractivity contribution in [3.63, 3.8) is 0 Å². The summed E-state index contributed by atoms with van der Waals surface area (Å²) in [5.41, 5.74) is 8.42. The fourth-order valence-corrected chi connectivity index (χ4v) is 3.39. The van der Waals surface area contributed by atoms with Crippen LogP contribution in [-0.2, 0) is 11.3 Å². The van der Waals surface area contributed by atoms with Crippen molar-refractivity contribution in [2.45, 2.75) is 57.3 Å². The molecule has 1 fully saturated rings. The first-order valence-electron chi connectivity index (χ1n) is 8.87. The van der Waals surface area contributed by atoms with E-state index >= 15 is 0 Å². The summed E-state index contributed by atoms with van der Waals surface area (Å²) in [5, 5.41) is 3.40. The zero-order chi connectivity index (χ0) is 16.9. The van der Waals surface area contributed by atoms with E-state index < -0.39 is 0 Å². The van der Waals surface area contributed by atoms with E-state index in [1.165, 1.54) is 5.56 Å². The average molecular weight is 332 g/mol. The quantitative estimate of drug-likeness (QED) is 0.441. The van der Waals surface area contributed by atoms with Gasteiger partial charge in [-0.2, -0.15) is 0 Å². The summed E-state index contributed by atoms with van der Waals surface area (Å²) in [6, 6.07) is 6.40. The molecule has 0 aromatic heterocycles. The van der Waals surface area contributed by atoms with Crippen LogP contribution in [0.5, 0.6) is 5.75 Å². The van der Waals surface area contributed by atoms with E-state index in [1.807, 2.05) is 19.1 Å². The number of hydrogen-bond donors (Lipinski definition) is 3. The number of aliphatic imine (C=N–C) groups is 1. The van der Waals surface area contributed by atoms with E-state index in [0.717, 1.165) is 56.5 Å². The van der Waals surface area contributed by atoms with E-state index in [-0.39, 0.29) is 12.2 Å². The molecule has 1 aromatic rings. The zero-order valence-electron chi connectivity index (χ0n) is 14.3. The van der Waals surface area contributed by atoms with Crippen molar-refractivity contribution < 1.29 is 9.57 Å². The summed E-state index contributed by atoms with van der Waals surface area (Å²) in [4.78, 5) is 9.64. The van der Waals surface area contributed by atoms with Crippen LogP contribution in [0, 0.1) is 0 Å². The highest BCUT2D eigenvalue weighted by Gasteiger charge is 2.25. The standard InChI is InChI=1S/C18H28N4O2/c1-12(24-20)16-6-4-13-11-14(5-7-17(13)23-16)18(19)22-15-3-2-9-21-10-8-15/h5,7,11-12,15-16,21H,2-4,6,8-10,20H2,1H3,(H2,19,22). The topological polar surface area (TPSA) is 94.9 Å². The smallest absolute Gasteiger partial charge is 0.127 e. The maximum Gasteiger partial charge on any atom is 0.127 e.